The summed E-state index contributed by atoms with van der Waals surface area (Å²) in [6.07, 6.45) is 2.65. The summed E-state index contributed by atoms with van der Waals surface area (Å²) in [5, 5.41) is 0. The van der Waals surface area contributed by atoms with Crippen LogP contribution in [0.5, 0.6) is 0 Å². The number of H-pyrrole nitrogens is 1. The zero-order valence-electron chi connectivity index (χ0n) is 9.80. The zero-order valence-corrected chi connectivity index (χ0v) is 9.80. The fraction of sp³-hybridized carbons (Fsp3) is 0.462. The smallest absolute Gasteiger partial charge is 0.254 e. The molecule has 1 unspecified atom stereocenters. The quantitative estimate of drug-likeness (QED) is 0.716. The van der Waals surface area contributed by atoms with Crippen LogP contribution in [0.25, 0.3) is 6.08 Å². The molecule has 86 valence electrons. The molecule has 0 saturated carbocycles. The van der Waals surface area contributed by atoms with Gasteiger partial charge in [0.15, 0.2) is 0 Å². The van der Waals surface area contributed by atoms with Gasteiger partial charge < -0.3 is 4.98 Å². The van der Waals surface area contributed by atoms with Gasteiger partial charge in [-0.3, -0.25) is 4.79 Å². The van der Waals surface area contributed by atoms with Crippen LogP contribution in [0.1, 0.15) is 44.5 Å². The fourth-order valence-electron chi connectivity index (χ4n) is 2.02. The van der Waals surface area contributed by atoms with E-state index in [2.05, 4.69) is 25.8 Å². The molecule has 1 atom stereocenters. The van der Waals surface area contributed by atoms with Gasteiger partial charge in [-0.2, -0.15) is 0 Å². The molecule has 0 radical (unpaired) electrons. The minimum atomic E-state index is -1.18. The second-order valence-corrected chi connectivity index (χ2v) is 5.27. The van der Waals surface area contributed by atoms with Crippen molar-refractivity contribution >= 4 is 6.08 Å². The topological polar surface area (TPSA) is 32.9 Å². The molecule has 2 rings (SSSR count). The summed E-state index contributed by atoms with van der Waals surface area (Å²) in [6, 6.07) is 1.76. The van der Waals surface area contributed by atoms with Gasteiger partial charge >= 0.3 is 0 Å². The van der Waals surface area contributed by atoms with E-state index in [9.17, 15) is 9.18 Å². The lowest BCUT2D eigenvalue weighted by Crippen LogP contribution is -2.22. The Morgan fingerprint density at radius 1 is 1.44 bits per heavy atom. The highest BCUT2D eigenvalue weighted by molar-refractivity contribution is 5.60. The Hall–Kier alpha value is -1.38. The van der Waals surface area contributed by atoms with Crippen molar-refractivity contribution in [2.45, 2.75) is 33.4 Å². The van der Waals surface area contributed by atoms with E-state index in [1.807, 2.05) is 6.08 Å². The van der Waals surface area contributed by atoms with E-state index < -0.39 is 6.17 Å². The first-order valence-corrected chi connectivity index (χ1v) is 5.46. The van der Waals surface area contributed by atoms with E-state index >= 15 is 0 Å². The van der Waals surface area contributed by atoms with Crippen LogP contribution >= 0.6 is 0 Å². The lowest BCUT2D eigenvalue weighted by molar-refractivity contribution is 0.313. The fourth-order valence-corrected chi connectivity index (χ4v) is 2.02. The number of fused-ring (bicyclic) bond motifs is 1. The van der Waals surface area contributed by atoms with Crippen LogP contribution in [0.3, 0.4) is 0 Å². The molecule has 3 heteroatoms. The second-order valence-electron chi connectivity index (χ2n) is 5.27. The van der Waals surface area contributed by atoms with Crippen LogP contribution in [0.15, 0.2) is 22.6 Å². The van der Waals surface area contributed by atoms with Gasteiger partial charge in [0.25, 0.3) is 5.56 Å². The summed E-state index contributed by atoms with van der Waals surface area (Å²) < 4.78 is 14.0. The molecule has 0 aromatic carbocycles. The van der Waals surface area contributed by atoms with Crippen molar-refractivity contribution in [3.05, 3.63) is 39.3 Å². The van der Waals surface area contributed by atoms with Gasteiger partial charge in [-0.25, -0.2) is 4.39 Å². The van der Waals surface area contributed by atoms with Gasteiger partial charge in [0.1, 0.15) is 6.17 Å². The highest BCUT2D eigenvalue weighted by atomic mass is 19.1. The number of aromatic amines is 1. The molecule has 1 aromatic rings. The molecule has 0 saturated heterocycles. The average Bonchev–Trinajstić information content (AvgIpc) is 2.15. The number of halogens is 1. The number of allylic oxidation sites excluding steroid dienone is 1. The summed E-state index contributed by atoms with van der Waals surface area (Å²) in [4.78, 5) is 14.0. The SMILES string of the molecule is CC(C)(C)C1=Cc2cc[nH]c(=O)c2C(F)C1. The first-order chi connectivity index (χ1) is 7.39. The summed E-state index contributed by atoms with van der Waals surface area (Å²) in [6.45, 7) is 6.18. The molecule has 0 amide bonds. The van der Waals surface area contributed by atoms with Crippen LogP contribution in [0.2, 0.25) is 0 Å². The van der Waals surface area contributed by atoms with Crippen LogP contribution < -0.4 is 5.56 Å². The molecule has 1 aromatic heterocycles. The van der Waals surface area contributed by atoms with Crippen LogP contribution in [-0.2, 0) is 0 Å². The minimum Gasteiger partial charge on any atom is -0.329 e. The largest absolute Gasteiger partial charge is 0.329 e. The summed E-state index contributed by atoms with van der Waals surface area (Å²) in [5.74, 6) is 0. The molecule has 2 nitrogen and oxygen atoms in total. The number of pyridine rings is 1. The number of hydrogen-bond acceptors (Lipinski definition) is 1. The molecule has 0 spiro atoms. The van der Waals surface area contributed by atoms with Crippen LogP contribution in [-0.4, -0.2) is 4.98 Å². The third kappa shape index (κ3) is 1.82. The zero-order chi connectivity index (χ0) is 11.9. The Bertz CT molecular complexity index is 493. The van der Waals surface area contributed by atoms with Crippen molar-refractivity contribution in [2.24, 2.45) is 5.41 Å². The van der Waals surface area contributed by atoms with E-state index in [1.165, 1.54) is 0 Å². The van der Waals surface area contributed by atoms with Crippen molar-refractivity contribution in [1.29, 1.82) is 0 Å². The van der Waals surface area contributed by atoms with Gasteiger partial charge in [-0.05, 0) is 17.0 Å². The van der Waals surface area contributed by atoms with Gasteiger partial charge in [-0.15, -0.1) is 0 Å². The van der Waals surface area contributed by atoms with Crippen LogP contribution in [0, 0.1) is 5.41 Å². The standard InChI is InChI=1S/C13H16FNO/c1-13(2,3)9-6-8-4-5-15-12(16)11(8)10(14)7-9/h4-6,10H,7H2,1-3H3,(H,15,16). The van der Waals surface area contributed by atoms with E-state index in [0.29, 0.717) is 12.0 Å². The van der Waals surface area contributed by atoms with Crippen molar-refractivity contribution in [1.82, 2.24) is 4.98 Å². The highest BCUT2D eigenvalue weighted by Gasteiger charge is 2.28. The molecule has 0 aliphatic heterocycles. The minimum absolute atomic E-state index is 0.0510. The maximum Gasteiger partial charge on any atom is 0.254 e. The van der Waals surface area contributed by atoms with E-state index in [0.717, 1.165) is 5.57 Å². The maximum absolute atomic E-state index is 14.0. The van der Waals surface area contributed by atoms with Crippen molar-refractivity contribution in [2.75, 3.05) is 0 Å². The number of hydrogen-bond donors (Lipinski definition) is 1. The molecule has 0 bridgehead atoms. The lowest BCUT2D eigenvalue weighted by atomic mass is 9.78. The molecular weight excluding hydrogens is 205 g/mol. The third-order valence-electron chi connectivity index (χ3n) is 3.04. The Balaban J connectivity index is 2.59. The lowest BCUT2D eigenvalue weighted by Gasteiger charge is -2.28. The Morgan fingerprint density at radius 3 is 2.75 bits per heavy atom. The molecule has 16 heavy (non-hydrogen) atoms. The number of nitrogens with one attached hydrogen (secondary N) is 1. The van der Waals surface area contributed by atoms with Gasteiger partial charge in [0.05, 0.1) is 5.56 Å². The average molecular weight is 221 g/mol. The van der Waals surface area contributed by atoms with Gasteiger partial charge in [0.2, 0.25) is 0 Å². The molecule has 0 fully saturated rings. The molecule has 1 aliphatic carbocycles. The van der Waals surface area contributed by atoms with Gasteiger partial charge in [0, 0.05) is 12.6 Å². The number of rotatable bonds is 0. The predicted octanol–water partition coefficient (Wildman–Crippen LogP) is 3.22. The van der Waals surface area contributed by atoms with Crippen LogP contribution in [0.4, 0.5) is 4.39 Å². The van der Waals surface area contributed by atoms with Crippen molar-refractivity contribution in [3.8, 4) is 0 Å². The Morgan fingerprint density at radius 2 is 2.12 bits per heavy atom. The third-order valence-corrected chi connectivity index (χ3v) is 3.04. The van der Waals surface area contributed by atoms with E-state index in [4.69, 9.17) is 0 Å². The van der Waals surface area contributed by atoms with E-state index in [-0.39, 0.29) is 16.5 Å². The monoisotopic (exact) mass is 221 g/mol. The maximum atomic E-state index is 14.0. The highest BCUT2D eigenvalue weighted by Crippen LogP contribution is 2.40. The molecule has 1 N–H and O–H groups in total. The summed E-state index contributed by atoms with van der Waals surface area (Å²) in [5.41, 5.74) is 1.68. The first kappa shape index (κ1) is 11.1. The molecule has 1 heterocycles. The summed E-state index contributed by atoms with van der Waals surface area (Å²) >= 11 is 0. The van der Waals surface area contributed by atoms with E-state index in [1.54, 1.807) is 12.3 Å². The predicted molar refractivity (Wildman–Crippen MR) is 63.0 cm³/mol. The van der Waals surface area contributed by atoms with Crippen molar-refractivity contribution in [3.63, 3.8) is 0 Å². The normalized spacial score (nSPS) is 20.2. The second kappa shape index (κ2) is 3.58. The Kier molecular flexibility index (Phi) is 2.49. The summed E-state index contributed by atoms with van der Waals surface area (Å²) in [7, 11) is 0. The first-order valence-electron chi connectivity index (χ1n) is 5.46. The molecular formula is C13H16FNO. The number of aromatic nitrogens is 1. The van der Waals surface area contributed by atoms with Crippen molar-refractivity contribution < 1.29 is 4.39 Å². The Labute approximate surface area is 94.2 Å². The molecule has 1 aliphatic rings. The number of alkyl halides is 1. The van der Waals surface area contributed by atoms with Gasteiger partial charge in [-0.1, -0.05) is 32.4 Å².